The molecule has 2 rings (SSSR count). The van der Waals surface area contributed by atoms with Crippen molar-refractivity contribution in [3.05, 3.63) is 47.9 Å². The average molecular weight is 290 g/mol. The lowest BCUT2D eigenvalue weighted by atomic mass is 10.1. The van der Waals surface area contributed by atoms with Crippen molar-refractivity contribution in [2.45, 2.75) is 19.0 Å². The lowest BCUT2D eigenvalue weighted by molar-refractivity contribution is 0.245. The molecule has 0 saturated heterocycles. The summed E-state index contributed by atoms with van der Waals surface area (Å²) in [6.45, 7) is 2.61. The second-order valence-electron chi connectivity index (χ2n) is 5.37. The van der Waals surface area contributed by atoms with Crippen LogP contribution in [0.15, 0.2) is 41.0 Å². The van der Waals surface area contributed by atoms with Crippen LogP contribution in [0, 0.1) is 0 Å². The maximum Gasteiger partial charge on any atom is 0.122 e. The van der Waals surface area contributed by atoms with Crippen LogP contribution in [-0.2, 0) is 0 Å². The van der Waals surface area contributed by atoms with Crippen LogP contribution in [0.2, 0.25) is 0 Å². The maximum atomic E-state index is 9.88. The van der Waals surface area contributed by atoms with Crippen molar-refractivity contribution < 1.29 is 14.6 Å². The first-order valence-corrected chi connectivity index (χ1v) is 6.94. The van der Waals surface area contributed by atoms with Crippen LogP contribution in [0.4, 0.5) is 0 Å². The van der Waals surface area contributed by atoms with Gasteiger partial charge in [0.2, 0.25) is 0 Å². The smallest absolute Gasteiger partial charge is 0.122 e. The number of aromatic hydroxyl groups is 2. The van der Waals surface area contributed by atoms with Crippen molar-refractivity contribution in [2.24, 2.45) is 0 Å². The number of nitrogens with one attached hydrogen (secondary N) is 1. The van der Waals surface area contributed by atoms with Gasteiger partial charge in [-0.2, -0.15) is 0 Å². The molecule has 114 valence electrons. The highest BCUT2D eigenvalue weighted by Gasteiger charge is 2.19. The predicted octanol–water partition coefficient (Wildman–Crippen LogP) is 2.64. The zero-order valence-electron chi connectivity index (χ0n) is 12.6. The van der Waals surface area contributed by atoms with Gasteiger partial charge >= 0.3 is 0 Å². The molecule has 2 aromatic rings. The van der Waals surface area contributed by atoms with E-state index in [4.69, 9.17) is 4.42 Å². The summed E-state index contributed by atoms with van der Waals surface area (Å²) in [7, 11) is 3.98. The van der Waals surface area contributed by atoms with E-state index in [-0.39, 0.29) is 23.6 Å². The lowest BCUT2D eigenvalue weighted by Crippen LogP contribution is -2.32. The maximum absolute atomic E-state index is 9.88. The third-order valence-electron chi connectivity index (χ3n) is 3.59. The van der Waals surface area contributed by atoms with E-state index in [1.54, 1.807) is 12.3 Å². The Kier molecular flexibility index (Phi) is 4.88. The van der Waals surface area contributed by atoms with Gasteiger partial charge in [-0.05, 0) is 51.4 Å². The third-order valence-corrected chi connectivity index (χ3v) is 3.59. The van der Waals surface area contributed by atoms with Crippen LogP contribution in [0.25, 0.3) is 0 Å². The molecule has 0 spiro atoms. The molecule has 0 fully saturated rings. The van der Waals surface area contributed by atoms with Crippen LogP contribution in [0.5, 0.6) is 11.5 Å². The molecular weight excluding hydrogens is 268 g/mol. The standard InChI is InChI=1S/C16H22N2O3/c1-11(13-9-12(19)6-7-15(13)20)17-10-14(18(2)3)16-5-4-8-21-16/h4-9,11,14,17,19-20H,10H2,1-3H3. The Morgan fingerprint density at radius 1 is 1.24 bits per heavy atom. The van der Waals surface area contributed by atoms with Gasteiger partial charge in [0.1, 0.15) is 17.3 Å². The normalized spacial score (nSPS) is 14.3. The van der Waals surface area contributed by atoms with Gasteiger partial charge in [0, 0.05) is 18.2 Å². The number of nitrogens with zero attached hydrogens (tertiary/aromatic N) is 1. The summed E-state index contributed by atoms with van der Waals surface area (Å²) in [5.41, 5.74) is 0.673. The van der Waals surface area contributed by atoms with Crippen molar-refractivity contribution in [1.29, 1.82) is 0 Å². The van der Waals surface area contributed by atoms with Crippen molar-refractivity contribution in [1.82, 2.24) is 10.2 Å². The topological polar surface area (TPSA) is 68.9 Å². The van der Waals surface area contributed by atoms with Gasteiger partial charge in [0.05, 0.1) is 12.3 Å². The van der Waals surface area contributed by atoms with Gasteiger partial charge in [0.25, 0.3) is 0 Å². The van der Waals surface area contributed by atoms with Gasteiger partial charge in [-0.15, -0.1) is 0 Å². The zero-order valence-corrected chi connectivity index (χ0v) is 12.6. The second kappa shape index (κ2) is 6.65. The Morgan fingerprint density at radius 3 is 2.62 bits per heavy atom. The largest absolute Gasteiger partial charge is 0.508 e. The van der Waals surface area contributed by atoms with Gasteiger partial charge in [-0.1, -0.05) is 0 Å². The fourth-order valence-corrected chi connectivity index (χ4v) is 2.31. The first kappa shape index (κ1) is 15.4. The molecule has 2 unspecified atom stereocenters. The quantitative estimate of drug-likeness (QED) is 0.714. The number of phenolic OH excluding ortho intramolecular Hbond substituents is 2. The van der Waals surface area contributed by atoms with E-state index >= 15 is 0 Å². The molecule has 0 aliphatic carbocycles. The number of benzene rings is 1. The summed E-state index contributed by atoms with van der Waals surface area (Å²) in [5, 5.41) is 22.8. The number of furan rings is 1. The van der Waals surface area contributed by atoms with Gasteiger partial charge in [0.15, 0.2) is 0 Å². The van der Waals surface area contributed by atoms with E-state index in [9.17, 15) is 10.2 Å². The predicted molar refractivity (Wildman–Crippen MR) is 81.3 cm³/mol. The molecule has 21 heavy (non-hydrogen) atoms. The SMILES string of the molecule is CC(NCC(c1ccco1)N(C)C)c1cc(O)ccc1O. The lowest BCUT2D eigenvalue weighted by Gasteiger charge is -2.25. The van der Waals surface area contributed by atoms with Crippen LogP contribution in [0.1, 0.15) is 30.3 Å². The highest BCUT2D eigenvalue weighted by Crippen LogP contribution is 2.28. The zero-order chi connectivity index (χ0) is 15.4. The average Bonchev–Trinajstić information content (AvgIpc) is 2.95. The Morgan fingerprint density at radius 2 is 2.00 bits per heavy atom. The minimum Gasteiger partial charge on any atom is -0.508 e. The van der Waals surface area contributed by atoms with Crippen LogP contribution >= 0.6 is 0 Å². The number of rotatable bonds is 6. The first-order chi connectivity index (χ1) is 9.99. The molecule has 0 aliphatic heterocycles. The molecule has 2 atom stereocenters. The number of hydrogen-bond acceptors (Lipinski definition) is 5. The molecule has 0 saturated carbocycles. The summed E-state index contributed by atoms with van der Waals surface area (Å²) in [5.74, 6) is 1.21. The molecule has 1 aromatic carbocycles. The van der Waals surface area contributed by atoms with Gasteiger partial charge < -0.3 is 19.9 Å². The molecule has 3 N–H and O–H groups in total. The van der Waals surface area contributed by atoms with Gasteiger partial charge in [-0.25, -0.2) is 0 Å². The summed E-state index contributed by atoms with van der Waals surface area (Å²) in [6.07, 6.45) is 1.66. The highest BCUT2D eigenvalue weighted by atomic mass is 16.3. The first-order valence-electron chi connectivity index (χ1n) is 6.94. The molecule has 0 amide bonds. The molecule has 0 bridgehead atoms. The fourth-order valence-electron chi connectivity index (χ4n) is 2.31. The Bertz CT molecular complexity index is 567. The monoisotopic (exact) mass is 290 g/mol. The third kappa shape index (κ3) is 3.77. The summed E-state index contributed by atoms with van der Waals surface area (Å²) < 4.78 is 5.47. The molecule has 0 aliphatic rings. The van der Waals surface area contributed by atoms with E-state index in [2.05, 4.69) is 10.2 Å². The van der Waals surface area contributed by atoms with Crippen molar-refractivity contribution in [3.8, 4) is 11.5 Å². The molecular formula is C16H22N2O3. The van der Waals surface area contributed by atoms with E-state index in [1.807, 2.05) is 33.2 Å². The molecule has 5 nitrogen and oxygen atoms in total. The summed E-state index contributed by atoms with van der Waals surface area (Å²) in [4.78, 5) is 2.07. The molecule has 5 heteroatoms. The Balaban J connectivity index is 2.05. The summed E-state index contributed by atoms with van der Waals surface area (Å²) >= 11 is 0. The Hall–Kier alpha value is -1.98. The van der Waals surface area contributed by atoms with Crippen molar-refractivity contribution >= 4 is 0 Å². The highest BCUT2D eigenvalue weighted by molar-refractivity contribution is 5.40. The van der Waals surface area contributed by atoms with Crippen molar-refractivity contribution in [2.75, 3.05) is 20.6 Å². The summed E-state index contributed by atoms with van der Waals surface area (Å²) in [6, 6.07) is 8.37. The van der Waals surface area contributed by atoms with Crippen LogP contribution in [-0.4, -0.2) is 35.8 Å². The van der Waals surface area contributed by atoms with E-state index in [0.29, 0.717) is 12.1 Å². The Labute approximate surface area is 124 Å². The van der Waals surface area contributed by atoms with Crippen LogP contribution < -0.4 is 5.32 Å². The molecule has 0 radical (unpaired) electrons. The van der Waals surface area contributed by atoms with Gasteiger partial charge in [-0.3, -0.25) is 4.90 Å². The van der Waals surface area contributed by atoms with E-state index in [0.717, 1.165) is 5.76 Å². The minimum absolute atomic E-state index is 0.0884. The number of likely N-dealkylation sites (N-methyl/N-ethyl adjacent to an activating group) is 1. The van der Waals surface area contributed by atoms with Crippen LogP contribution in [0.3, 0.4) is 0 Å². The second-order valence-corrected chi connectivity index (χ2v) is 5.37. The number of phenols is 2. The molecule has 1 aromatic heterocycles. The van der Waals surface area contributed by atoms with Crippen molar-refractivity contribution in [3.63, 3.8) is 0 Å². The van der Waals surface area contributed by atoms with E-state index < -0.39 is 0 Å². The van der Waals surface area contributed by atoms with E-state index in [1.165, 1.54) is 12.1 Å². The molecule has 1 heterocycles. The fraction of sp³-hybridized carbons (Fsp3) is 0.375. The number of hydrogen-bond donors (Lipinski definition) is 3. The minimum atomic E-state index is -0.0884.